The summed E-state index contributed by atoms with van der Waals surface area (Å²) in [5, 5.41) is 7.84. The van der Waals surface area contributed by atoms with Crippen LogP contribution in [0.25, 0.3) is 0 Å². The molecule has 1 aliphatic rings. The number of para-hydroxylation sites is 1. The predicted octanol–water partition coefficient (Wildman–Crippen LogP) is 3.93. The van der Waals surface area contributed by atoms with Crippen molar-refractivity contribution < 1.29 is 0 Å². The minimum Gasteiger partial charge on any atom is -0.384 e. The highest BCUT2D eigenvalue weighted by atomic mass is 15.1. The molecule has 1 heterocycles. The van der Waals surface area contributed by atoms with Gasteiger partial charge in [-0.05, 0) is 49.1 Å². The predicted molar refractivity (Wildman–Crippen MR) is 91.2 cm³/mol. The molecule has 0 aliphatic carbocycles. The van der Waals surface area contributed by atoms with Gasteiger partial charge in [0.1, 0.15) is 5.84 Å². The molecule has 1 aliphatic heterocycles. The largest absolute Gasteiger partial charge is 0.384 e. The Morgan fingerprint density at radius 1 is 1.24 bits per heavy atom. The van der Waals surface area contributed by atoms with Crippen LogP contribution in [0.4, 0.5) is 5.69 Å². The van der Waals surface area contributed by atoms with Gasteiger partial charge in [0.05, 0.1) is 5.69 Å². The van der Waals surface area contributed by atoms with Gasteiger partial charge >= 0.3 is 0 Å². The second-order valence-electron chi connectivity index (χ2n) is 7.37. The van der Waals surface area contributed by atoms with Crippen molar-refractivity contribution in [2.45, 2.75) is 47.0 Å². The number of aryl methyl sites for hydroxylation is 1. The molecule has 0 bridgehead atoms. The molecule has 0 saturated carbocycles. The van der Waals surface area contributed by atoms with Crippen LogP contribution in [0.2, 0.25) is 0 Å². The highest BCUT2D eigenvalue weighted by Crippen LogP contribution is 2.36. The Labute approximate surface area is 129 Å². The molecule has 1 saturated heterocycles. The number of hydrogen-bond acceptors (Lipinski definition) is 2. The molecular weight excluding hydrogens is 258 g/mol. The number of nitrogen functional groups attached to an aromatic ring is 1. The molecule has 116 valence electrons. The van der Waals surface area contributed by atoms with Gasteiger partial charge in [-0.3, -0.25) is 5.41 Å². The first-order valence-corrected chi connectivity index (χ1v) is 7.99. The SMILES string of the molecule is Cc1cccc(C(=N)N)c1N1CCCC(C(C)(C)C)CC1. The highest BCUT2D eigenvalue weighted by molar-refractivity contribution is 6.01. The van der Waals surface area contributed by atoms with E-state index in [0.717, 1.165) is 24.6 Å². The van der Waals surface area contributed by atoms with E-state index in [-0.39, 0.29) is 5.84 Å². The molecule has 0 aromatic heterocycles. The zero-order valence-electron chi connectivity index (χ0n) is 13.9. The Kier molecular flexibility index (Phi) is 4.60. The fraction of sp³-hybridized carbons (Fsp3) is 0.611. The minimum atomic E-state index is 0.172. The molecule has 0 spiro atoms. The molecular formula is C18H29N3. The Hall–Kier alpha value is -1.51. The monoisotopic (exact) mass is 287 g/mol. The van der Waals surface area contributed by atoms with Gasteiger partial charge in [-0.1, -0.05) is 32.9 Å². The maximum absolute atomic E-state index is 7.84. The zero-order chi connectivity index (χ0) is 15.6. The van der Waals surface area contributed by atoms with Crippen molar-refractivity contribution in [2.75, 3.05) is 18.0 Å². The summed E-state index contributed by atoms with van der Waals surface area (Å²) in [6, 6.07) is 6.08. The van der Waals surface area contributed by atoms with Gasteiger partial charge in [-0.25, -0.2) is 0 Å². The molecule has 2 rings (SSSR count). The first kappa shape index (κ1) is 15.9. The maximum Gasteiger partial charge on any atom is 0.124 e. The van der Waals surface area contributed by atoms with E-state index < -0.39 is 0 Å². The van der Waals surface area contributed by atoms with Crippen molar-refractivity contribution in [1.82, 2.24) is 0 Å². The summed E-state index contributed by atoms with van der Waals surface area (Å²) in [4.78, 5) is 2.44. The Morgan fingerprint density at radius 2 is 1.95 bits per heavy atom. The lowest BCUT2D eigenvalue weighted by atomic mass is 9.77. The molecule has 1 aromatic carbocycles. The molecule has 21 heavy (non-hydrogen) atoms. The second-order valence-corrected chi connectivity index (χ2v) is 7.37. The number of anilines is 1. The average molecular weight is 287 g/mol. The smallest absolute Gasteiger partial charge is 0.124 e. The van der Waals surface area contributed by atoms with Crippen LogP contribution in [0.15, 0.2) is 18.2 Å². The van der Waals surface area contributed by atoms with E-state index in [9.17, 15) is 0 Å². The van der Waals surface area contributed by atoms with Gasteiger partial charge in [-0.2, -0.15) is 0 Å². The van der Waals surface area contributed by atoms with Crippen LogP contribution in [-0.4, -0.2) is 18.9 Å². The molecule has 1 unspecified atom stereocenters. The third-order valence-corrected chi connectivity index (χ3v) is 4.80. The Balaban J connectivity index is 2.26. The molecule has 3 heteroatoms. The minimum absolute atomic E-state index is 0.172. The lowest BCUT2D eigenvalue weighted by Crippen LogP contribution is -2.29. The molecule has 3 N–H and O–H groups in total. The highest BCUT2D eigenvalue weighted by Gasteiger charge is 2.28. The van der Waals surface area contributed by atoms with E-state index >= 15 is 0 Å². The lowest BCUT2D eigenvalue weighted by Gasteiger charge is -2.30. The number of hydrogen-bond donors (Lipinski definition) is 2. The standard InChI is InChI=1S/C18H29N3/c1-13-7-5-9-15(17(19)20)16(13)21-11-6-8-14(10-12-21)18(2,3)4/h5,7,9,14H,6,8,10-12H2,1-4H3,(H3,19,20). The fourth-order valence-electron chi connectivity index (χ4n) is 3.48. The van der Waals surface area contributed by atoms with E-state index in [1.54, 1.807) is 0 Å². The van der Waals surface area contributed by atoms with E-state index in [0.29, 0.717) is 5.41 Å². The first-order chi connectivity index (χ1) is 9.80. The van der Waals surface area contributed by atoms with Crippen LogP contribution < -0.4 is 10.6 Å². The van der Waals surface area contributed by atoms with Gasteiger partial charge < -0.3 is 10.6 Å². The lowest BCUT2D eigenvalue weighted by molar-refractivity contribution is 0.220. The van der Waals surface area contributed by atoms with E-state index in [2.05, 4.69) is 38.7 Å². The topological polar surface area (TPSA) is 53.1 Å². The molecule has 0 amide bonds. The molecule has 3 nitrogen and oxygen atoms in total. The van der Waals surface area contributed by atoms with Gasteiger partial charge in [0, 0.05) is 18.7 Å². The van der Waals surface area contributed by atoms with Gasteiger partial charge in [0.15, 0.2) is 0 Å². The summed E-state index contributed by atoms with van der Waals surface area (Å²) in [6.07, 6.45) is 3.73. The first-order valence-electron chi connectivity index (χ1n) is 7.99. The molecule has 0 radical (unpaired) electrons. The van der Waals surface area contributed by atoms with Crippen molar-refractivity contribution in [1.29, 1.82) is 5.41 Å². The summed E-state index contributed by atoms with van der Waals surface area (Å²) >= 11 is 0. The van der Waals surface area contributed by atoms with E-state index in [1.165, 1.54) is 30.5 Å². The van der Waals surface area contributed by atoms with Gasteiger partial charge in [0.2, 0.25) is 0 Å². The Morgan fingerprint density at radius 3 is 2.57 bits per heavy atom. The molecule has 1 atom stereocenters. The van der Waals surface area contributed by atoms with Crippen molar-refractivity contribution in [3.63, 3.8) is 0 Å². The van der Waals surface area contributed by atoms with Crippen molar-refractivity contribution in [2.24, 2.45) is 17.1 Å². The summed E-state index contributed by atoms with van der Waals surface area (Å²) in [5.74, 6) is 0.942. The van der Waals surface area contributed by atoms with Crippen LogP contribution in [-0.2, 0) is 0 Å². The number of nitrogens with two attached hydrogens (primary N) is 1. The summed E-state index contributed by atoms with van der Waals surface area (Å²) in [7, 11) is 0. The number of nitrogens with zero attached hydrogens (tertiary/aromatic N) is 1. The zero-order valence-corrected chi connectivity index (χ0v) is 13.9. The van der Waals surface area contributed by atoms with Gasteiger partial charge in [0.25, 0.3) is 0 Å². The summed E-state index contributed by atoms with van der Waals surface area (Å²) in [6.45, 7) is 11.3. The maximum atomic E-state index is 7.84. The number of nitrogens with one attached hydrogen (secondary N) is 1. The number of amidine groups is 1. The van der Waals surface area contributed by atoms with Crippen LogP contribution in [0, 0.1) is 23.7 Å². The van der Waals surface area contributed by atoms with Crippen LogP contribution in [0.5, 0.6) is 0 Å². The fourth-order valence-corrected chi connectivity index (χ4v) is 3.48. The van der Waals surface area contributed by atoms with Crippen molar-refractivity contribution in [3.05, 3.63) is 29.3 Å². The summed E-state index contributed by atoms with van der Waals surface area (Å²) in [5.41, 5.74) is 9.43. The van der Waals surface area contributed by atoms with Crippen LogP contribution in [0.1, 0.15) is 51.2 Å². The van der Waals surface area contributed by atoms with Crippen LogP contribution in [0.3, 0.4) is 0 Å². The van der Waals surface area contributed by atoms with Crippen molar-refractivity contribution >= 4 is 11.5 Å². The average Bonchev–Trinajstić information content (AvgIpc) is 2.63. The third-order valence-electron chi connectivity index (χ3n) is 4.80. The number of rotatable bonds is 2. The van der Waals surface area contributed by atoms with Gasteiger partial charge in [-0.15, -0.1) is 0 Å². The second kappa shape index (κ2) is 6.08. The third kappa shape index (κ3) is 3.58. The van der Waals surface area contributed by atoms with Crippen molar-refractivity contribution in [3.8, 4) is 0 Å². The Bertz CT molecular complexity index is 514. The normalized spacial score (nSPS) is 20.2. The molecule has 1 fully saturated rings. The molecule has 1 aromatic rings. The van der Waals surface area contributed by atoms with E-state index in [1.807, 2.05) is 12.1 Å². The van der Waals surface area contributed by atoms with E-state index in [4.69, 9.17) is 11.1 Å². The van der Waals surface area contributed by atoms with Crippen LogP contribution >= 0.6 is 0 Å². The number of benzene rings is 1. The summed E-state index contributed by atoms with van der Waals surface area (Å²) < 4.78 is 0. The quantitative estimate of drug-likeness (QED) is 0.639.